The van der Waals surface area contributed by atoms with Gasteiger partial charge >= 0.3 is 5.97 Å². The van der Waals surface area contributed by atoms with Crippen LogP contribution < -0.4 is 5.32 Å². The molecule has 1 heterocycles. The third-order valence-electron chi connectivity index (χ3n) is 5.00. The van der Waals surface area contributed by atoms with Crippen molar-refractivity contribution >= 4 is 17.8 Å². The van der Waals surface area contributed by atoms with Crippen LogP contribution in [0.3, 0.4) is 0 Å². The topological polar surface area (TPSA) is 75.7 Å². The van der Waals surface area contributed by atoms with Gasteiger partial charge in [0.25, 0.3) is 5.91 Å². The van der Waals surface area contributed by atoms with E-state index in [1.54, 1.807) is 4.90 Å². The summed E-state index contributed by atoms with van der Waals surface area (Å²) in [6.07, 6.45) is 1.30. The van der Waals surface area contributed by atoms with Gasteiger partial charge in [-0.15, -0.1) is 0 Å². The molecule has 6 heteroatoms. The van der Waals surface area contributed by atoms with Crippen molar-refractivity contribution in [2.45, 2.75) is 46.6 Å². The van der Waals surface area contributed by atoms with Gasteiger partial charge in [-0.05, 0) is 29.7 Å². The maximum Gasteiger partial charge on any atom is 0.329 e. The molecule has 0 saturated carbocycles. The van der Waals surface area contributed by atoms with Crippen LogP contribution in [0.25, 0.3) is 0 Å². The fraction of sp³-hybridized carbons (Fsp3) is 0.591. The van der Waals surface area contributed by atoms with E-state index < -0.39 is 12.0 Å². The second kappa shape index (κ2) is 10.2. The van der Waals surface area contributed by atoms with Gasteiger partial charge in [-0.2, -0.15) is 0 Å². The number of esters is 1. The van der Waals surface area contributed by atoms with Crippen molar-refractivity contribution in [3.8, 4) is 0 Å². The standard InChI is InChI=1S/C22H32N2O4/c1-15(2)21(23-19(25)11-18-8-6-5-7-9-18)22(27)28-14-20(26)24-12-16(3)10-17(4)13-24/h5-9,15-17,21H,10-14H2,1-4H3,(H,23,25)/t16-,17-,21+/m1/s1. The van der Waals surface area contributed by atoms with Crippen LogP contribution in [0, 0.1) is 17.8 Å². The van der Waals surface area contributed by atoms with Crippen LogP contribution in [-0.4, -0.2) is 48.4 Å². The van der Waals surface area contributed by atoms with Gasteiger partial charge in [0.2, 0.25) is 5.91 Å². The summed E-state index contributed by atoms with van der Waals surface area (Å²) in [5, 5.41) is 2.74. The summed E-state index contributed by atoms with van der Waals surface area (Å²) in [6.45, 7) is 9.04. The lowest BCUT2D eigenvalue weighted by atomic mass is 9.92. The first kappa shape index (κ1) is 21.9. The van der Waals surface area contributed by atoms with Crippen LogP contribution in [0.15, 0.2) is 30.3 Å². The lowest BCUT2D eigenvalue weighted by Gasteiger charge is -2.35. The molecule has 0 radical (unpaired) electrons. The third kappa shape index (κ3) is 6.66. The molecular formula is C22H32N2O4. The average Bonchev–Trinajstić information content (AvgIpc) is 2.63. The lowest BCUT2D eigenvalue weighted by molar-refractivity contribution is -0.156. The minimum atomic E-state index is -0.775. The molecule has 2 amide bonds. The number of hydrogen-bond donors (Lipinski definition) is 1. The van der Waals surface area contributed by atoms with E-state index >= 15 is 0 Å². The number of benzene rings is 1. The molecule has 154 valence electrons. The first-order valence-corrected chi connectivity index (χ1v) is 10.0. The number of carbonyl (C=O) groups is 3. The number of nitrogens with zero attached hydrogens (tertiary/aromatic N) is 1. The van der Waals surface area contributed by atoms with Gasteiger partial charge in [0.1, 0.15) is 6.04 Å². The Kier molecular flexibility index (Phi) is 8.03. The fourth-order valence-corrected chi connectivity index (χ4v) is 3.68. The van der Waals surface area contributed by atoms with Crippen molar-refractivity contribution in [2.75, 3.05) is 19.7 Å². The number of ether oxygens (including phenoxy) is 1. The molecule has 1 saturated heterocycles. The molecule has 1 N–H and O–H groups in total. The van der Waals surface area contributed by atoms with Crippen molar-refractivity contribution < 1.29 is 19.1 Å². The number of nitrogens with one attached hydrogen (secondary N) is 1. The number of hydrogen-bond acceptors (Lipinski definition) is 4. The molecule has 0 bridgehead atoms. The second-order valence-electron chi connectivity index (χ2n) is 8.30. The van der Waals surface area contributed by atoms with Gasteiger partial charge in [-0.25, -0.2) is 4.79 Å². The van der Waals surface area contributed by atoms with Gasteiger partial charge in [-0.3, -0.25) is 9.59 Å². The molecule has 0 aromatic heterocycles. The summed E-state index contributed by atoms with van der Waals surface area (Å²) in [4.78, 5) is 39.0. The Morgan fingerprint density at radius 2 is 1.71 bits per heavy atom. The Labute approximate surface area is 167 Å². The molecule has 1 aromatic rings. The lowest BCUT2D eigenvalue weighted by Crippen LogP contribution is -2.48. The normalized spacial score (nSPS) is 20.5. The Morgan fingerprint density at radius 1 is 1.11 bits per heavy atom. The van der Waals surface area contributed by atoms with Gasteiger partial charge in [0.05, 0.1) is 6.42 Å². The average molecular weight is 389 g/mol. The van der Waals surface area contributed by atoms with E-state index in [-0.39, 0.29) is 30.8 Å². The summed E-state index contributed by atoms with van der Waals surface area (Å²) < 4.78 is 5.26. The van der Waals surface area contributed by atoms with E-state index in [1.807, 2.05) is 44.2 Å². The van der Waals surface area contributed by atoms with Gasteiger partial charge < -0.3 is 15.0 Å². The fourth-order valence-electron chi connectivity index (χ4n) is 3.68. The minimum absolute atomic E-state index is 0.141. The van der Waals surface area contributed by atoms with Crippen molar-refractivity contribution in [3.05, 3.63) is 35.9 Å². The number of rotatable bonds is 7. The Hall–Kier alpha value is -2.37. The van der Waals surface area contributed by atoms with Crippen LogP contribution in [0.5, 0.6) is 0 Å². The van der Waals surface area contributed by atoms with Crippen molar-refractivity contribution in [3.63, 3.8) is 0 Å². The molecule has 0 aliphatic carbocycles. The zero-order chi connectivity index (χ0) is 20.7. The molecule has 6 nitrogen and oxygen atoms in total. The van der Waals surface area contributed by atoms with Crippen LogP contribution in [-0.2, 0) is 25.5 Å². The van der Waals surface area contributed by atoms with E-state index in [9.17, 15) is 14.4 Å². The molecule has 1 aliphatic rings. The molecule has 1 aromatic carbocycles. The maximum atomic E-state index is 12.5. The highest BCUT2D eigenvalue weighted by molar-refractivity contribution is 5.87. The van der Waals surface area contributed by atoms with Gasteiger partial charge in [-0.1, -0.05) is 58.0 Å². The minimum Gasteiger partial charge on any atom is -0.454 e. The molecule has 0 spiro atoms. The Balaban J connectivity index is 1.86. The quantitative estimate of drug-likeness (QED) is 0.728. The highest BCUT2D eigenvalue weighted by Crippen LogP contribution is 2.21. The molecule has 1 fully saturated rings. The molecule has 0 unspecified atom stereocenters. The predicted molar refractivity (Wildman–Crippen MR) is 107 cm³/mol. The van der Waals surface area contributed by atoms with Crippen LogP contribution >= 0.6 is 0 Å². The first-order chi connectivity index (χ1) is 13.3. The molecule has 2 rings (SSSR count). The van der Waals surface area contributed by atoms with Crippen LogP contribution in [0.2, 0.25) is 0 Å². The highest BCUT2D eigenvalue weighted by Gasteiger charge is 2.29. The SMILES string of the molecule is CC(C)[C@H](NC(=O)Cc1ccccc1)C(=O)OCC(=O)N1C[C@H](C)C[C@@H](C)C1. The van der Waals surface area contributed by atoms with Crippen molar-refractivity contribution in [1.29, 1.82) is 0 Å². The zero-order valence-corrected chi connectivity index (χ0v) is 17.3. The smallest absolute Gasteiger partial charge is 0.329 e. The summed E-state index contributed by atoms with van der Waals surface area (Å²) in [5.74, 6) is -0.231. The van der Waals surface area contributed by atoms with Gasteiger partial charge in [0.15, 0.2) is 6.61 Å². The Morgan fingerprint density at radius 3 is 2.29 bits per heavy atom. The van der Waals surface area contributed by atoms with Crippen LogP contribution in [0.4, 0.5) is 0 Å². The summed E-state index contributed by atoms with van der Waals surface area (Å²) in [6, 6.07) is 8.57. The summed E-state index contributed by atoms with van der Waals surface area (Å²) in [5.41, 5.74) is 0.874. The predicted octanol–water partition coefficient (Wildman–Crippen LogP) is 2.42. The third-order valence-corrected chi connectivity index (χ3v) is 5.00. The van der Waals surface area contributed by atoms with Gasteiger partial charge in [0, 0.05) is 13.1 Å². The Bertz CT molecular complexity index is 664. The largest absolute Gasteiger partial charge is 0.454 e. The van der Waals surface area contributed by atoms with E-state index in [0.717, 1.165) is 12.0 Å². The second-order valence-corrected chi connectivity index (χ2v) is 8.30. The number of carbonyl (C=O) groups excluding carboxylic acids is 3. The molecule has 3 atom stereocenters. The number of likely N-dealkylation sites (tertiary alicyclic amines) is 1. The van der Waals surface area contributed by atoms with Crippen LogP contribution in [0.1, 0.15) is 39.7 Å². The molecule has 1 aliphatic heterocycles. The summed E-state index contributed by atoms with van der Waals surface area (Å²) >= 11 is 0. The molecule has 28 heavy (non-hydrogen) atoms. The van der Waals surface area contributed by atoms with E-state index in [4.69, 9.17) is 4.74 Å². The highest BCUT2D eigenvalue weighted by atomic mass is 16.5. The first-order valence-electron chi connectivity index (χ1n) is 10.0. The summed E-state index contributed by atoms with van der Waals surface area (Å²) in [7, 11) is 0. The maximum absolute atomic E-state index is 12.5. The van der Waals surface area contributed by atoms with Crippen molar-refractivity contribution in [1.82, 2.24) is 10.2 Å². The van der Waals surface area contributed by atoms with Crippen molar-refractivity contribution in [2.24, 2.45) is 17.8 Å². The zero-order valence-electron chi connectivity index (χ0n) is 17.3. The van der Waals surface area contributed by atoms with E-state index in [1.165, 1.54) is 0 Å². The number of amides is 2. The van der Waals surface area contributed by atoms with E-state index in [2.05, 4.69) is 19.2 Å². The molecular weight excluding hydrogens is 356 g/mol. The van der Waals surface area contributed by atoms with E-state index in [0.29, 0.717) is 24.9 Å². The monoisotopic (exact) mass is 388 g/mol. The number of piperidine rings is 1.